The minimum Gasteiger partial charge on any atom is -0.507 e. The van der Waals surface area contributed by atoms with Crippen LogP contribution in [0.25, 0.3) is 0 Å². The van der Waals surface area contributed by atoms with Gasteiger partial charge in [-0.25, -0.2) is 9.29 Å². The second-order valence-corrected chi connectivity index (χ2v) is 12.3. The van der Waals surface area contributed by atoms with Crippen LogP contribution in [0.4, 0.5) is 10.1 Å². The highest BCUT2D eigenvalue weighted by Crippen LogP contribution is 2.66. The molecule has 4 aliphatic rings. The SMILES string of the molecule is CCCN1C(=O)[C@H]2[C@H](CC=C3[C@H]2C[C@@]2(Cl)C(=O)N(c4ccc(F)cc4)C(=O)[C@@]2(Cl)[C@H]3c2cccc(C)c2O)C1=O. The minimum absolute atomic E-state index is 0.0999. The summed E-state index contributed by atoms with van der Waals surface area (Å²) in [4.78, 5) is 53.3. The predicted octanol–water partition coefficient (Wildman–Crippen LogP) is 4.81. The van der Waals surface area contributed by atoms with Gasteiger partial charge in [0, 0.05) is 18.0 Å². The fourth-order valence-electron chi connectivity index (χ4n) is 7.17. The van der Waals surface area contributed by atoms with Gasteiger partial charge in [0.15, 0.2) is 9.75 Å². The number of fused-ring (bicyclic) bond motifs is 4. The van der Waals surface area contributed by atoms with Crippen LogP contribution in [0, 0.1) is 30.5 Å². The van der Waals surface area contributed by atoms with Crippen LogP contribution in [0.1, 0.15) is 43.2 Å². The van der Waals surface area contributed by atoms with E-state index in [1.807, 2.05) is 13.0 Å². The monoisotopic (exact) mass is 584 g/mol. The molecule has 10 heteroatoms. The van der Waals surface area contributed by atoms with Crippen LogP contribution in [0.3, 0.4) is 0 Å². The molecule has 1 N–H and O–H groups in total. The second kappa shape index (κ2) is 9.14. The summed E-state index contributed by atoms with van der Waals surface area (Å²) in [5.74, 6) is -5.94. The molecule has 6 atom stereocenters. The minimum atomic E-state index is -2.07. The lowest BCUT2D eigenvalue weighted by Gasteiger charge is -2.50. The molecule has 1 saturated carbocycles. The molecule has 4 amide bonds. The Morgan fingerprint density at radius 2 is 1.70 bits per heavy atom. The number of imide groups is 2. The van der Waals surface area contributed by atoms with Gasteiger partial charge in [0.05, 0.1) is 17.5 Å². The van der Waals surface area contributed by atoms with E-state index in [-0.39, 0.29) is 42.6 Å². The molecule has 208 valence electrons. The Hall–Kier alpha value is -3.23. The van der Waals surface area contributed by atoms with E-state index in [1.165, 1.54) is 17.0 Å². The van der Waals surface area contributed by atoms with Gasteiger partial charge in [0.25, 0.3) is 11.8 Å². The predicted molar refractivity (Wildman–Crippen MR) is 146 cm³/mol. The average Bonchev–Trinajstić information content (AvgIpc) is 3.25. The number of aromatic hydroxyl groups is 1. The van der Waals surface area contributed by atoms with Crippen molar-refractivity contribution in [3.8, 4) is 5.75 Å². The van der Waals surface area contributed by atoms with Gasteiger partial charge < -0.3 is 5.11 Å². The van der Waals surface area contributed by atoms with Crippen LogP contribution in [0.15, 0.2) is 54.1 Å². The average molecular weight is 585 g/mol. The first-order chi connectivity index (χ1) is 19.0. The van der Waals surface area contributed by atoms with E-state index >= 15 is 0 Å². The maximum Gasteiger partial charge on any atom is 0.258 e. The zero-order valence-electron chi connectivity index (χ0n) is 21.9. The first-order valence-electron chi connectivity index (χ1n) is 13.3. The Balaban J connectivity index is 1.57. The Morgan fingerprint density at radius 1 is 1.00 bits per heavy atom. The van der Waals surface area contributed by atoms with Crippen molar-refractivity contribution in [3.63, 3.8) is 0 Å². The van der Waals surface area contributed by atoms with Gasteiger partial charge in [0.2, 0.25) is 11.8 Å². The van der Waals surface area contributed by atoms with Gasteiger partial charge in [-0.2, -0.15) is 0 Å². The lowest BCUT2D eigenvalue weighted by atomic mass is 9.56. The summed E-state index contributed by atoms with van der Waals surface area (Å²) in [6, 6.07) is 9.89. The molecule has 0 radical (unpaired) electrons. The van der Waals surface area contributed by atoms with Gasteiger partial charge >= 0.3 is 0 Å². The van der Waals surface area contributed by atoms with Crippen LogP contribution < -0.4 is 4.90 Å². The first-order valence-corrected chi connectivity index (χ1v) is 14.1. The highest BCUT2D eigenvalue weighted by atomic mass is 35.5. The third kappa shape index (κ3) is 3.35. The number of alkyl halides is 2. The number of carbonyl (C=O) groups is 4. The van der Waals surface area contributed by atoms with Gasteiger partial charge in [-0.3, -0.25) is 24.1 Å². The first kappa shape index (κ1) is 27.0. The Labute approximate surface area is 240 Å². The summed E-state index contributed by atoms with van der Waals surface area (Å²) >= 11 is 14.6. The fraction of sp³-hybridized carbons (Fsp3) is 0.400. The number of rotatable bonds is 4. The molecule has 2 saturated heterocycles. The zero-order valence-corrected chi connectivity index (χ0v) is 23.4. The summed E-state index contributed by atoms with van der Waals surface area (Å²) in [6.07, 6.45) is 2.54. The summed E-state index contributed by atoms with van der Waals surface area (Å²) in [7, 11) is 0. The number of phenolic OH excluding ortho intramolecular Hbond substituents is 1. The number of para-hydroxylation sites is 1. The second-order valence-electron chi connectivity index (χ2n) is 11.1. The highest BCUT2D eigenvalue weighted by molar-refractivity contribution is 6.58. The quantitative estimate of drug-likeness (QED) is 0.316. The third-order valence-corrected chi connectivity index (χ3v) is 10.4. The maximum atomic E-state index is 14.3. The number of halogens is 3. The maximum absolute atomic E-state index is 14.3. The van der Waals surface area contributed by atoms with E-state index < -0.39 is 51.1 Å². The molecule has 40 heavy (non-hydrogen) atoms. The van der Waals surface area contributed by atoms with E-state index in [1.54, 1.807) is 25.1 Å². The van der Waals surface area contributed by atoms with Gasteiger partial charge in [0.1, 0.15) is 11.6 Å². The molecule has 2 aromatic carbocycles. The van der Waals surface area contributed by atoms with E-state index in [4.69, 9.17) is 23.2 Å². The van der Waals surface area contributed by atoms with Crippen molar-refractivity contribution in [3.05, 3.63) is 71.1 Å². The molecule has 2 heterocycles. The number of anilines is 1. The normalized spacial score (nSPS) is 33.2. The van der Waals surface area contributed by atoms with Gasteiger partial charge in [-0.15, -0.1) is 23.2 Å². The zero-order chi connectivity index (χ0) is 28.7. The molecule has 2 aliphatic heterocycles. The Morgan fingerprint density at radius 3 is 2.38 bits per heavy atom. The number of allylic oxidation sites excluding steroid dienone is 2. The topological polar surface area (TPSA) is 95.0 Å². The Kier molecular flexibility index (Phi) is 6.16. The van der Waals surface area contributed by atoms with Crippen molar-refractivity contribution in [2.45, 2.75) is 48.8 Å². The van der Waals surface area contributed by atoms with Crippen molar-refractivity contribution in [1.29, 1.82) is 0 Å². The van der Waals surface area contributed by atoms with E-state index in [9.17, 15) is 28.7 Å². The fourth-order valence-corrected chi connectivity index (χ4v) is 8.09. The molecule has 2 aliphatic carbocycles. The van der Waals surface area contributed by atoms with E-state index in [0.29, 0.717) is 23.1 Å². The number of amides is 4. The molecule has 7 nitrogen and oxygen atoms in total. The molecular formula is C30H27Cl2FN2O5. The molecule has 2 aromatic rings. The lowest BCUT2D eigenvalue weighted by Crippen LogP contribution is -2.60. The summed E-state index contributed by atoms with van der Waals surface area (Å²) < 4.78 is 13.7. The number of likely N-dealkylation sites (tertiary alicyclic amines) is 1. The molecule has 0 spiro atoms. The number of hydrogen-bond acceptors (Lipinski definition) is 5. The van der Waals surface area contributed by atoms with E-state index in [0.717, 1.165) is 17.0 Å². The van der Waals surface area contributed by atoms with E-state index in [2.05, 4.69) is 0 Å². The number of hydrogen-bond donors (Lipinski definition) is 1. The smallest absolute Gasteiger partial charge is 0.258 e. The number of aryl methyl sites for hydroxylation is 1. The van der Waals surface area contributed by atoms with Crippen molar-refractivity contribution in [2.24, 2.45) is 17.8 Å². The molecule has 0 bridgehead atoms. The molecule has 6 rings (SSSR count). The third-order valence-electron chi connectivity index (χ3n) is 9.01. The standard InChI is InChI=1S/C30H27Cl2FN2O5/c1-3-13-34-25(37)19-12-11-18-21(22(19)26(34)38)14-29(31)27(39)35(17-9-7-16(33)8-10-17)28(40)30(29,32)23(18)20-6-4-5-15(2)24(20)36/h4-11,19,21-23,36H,3,12-14H2,1-2H3/t19-,21+,22-,23+,29+,30-/m0/s1. The van der Waals surface area contributed by atoms with Gasteiger partial charge in [-0.1, -0.05) is 36.8 Å². The van der Waals surface area contributed by atoms with Crippen molar-refractivity contribution >= 4 is 52.5 Å². The number of phenols is 1. The highest BCUT2D eigenvalue weighted by Gasteiger charge is 2.76. The van der Waals surface area contributed by atoms with Crippen LogP contribution in [0.5, 0.6) is 5.75 Å². The van der Waals surface area contributed by atoms with Crippen LogP contribution in [-0.4, -0.2) is 49.9 Å². The Bertz CT molecular complexity index is 1510. The molecule has 0 aromatic heterocycles. The van der Waals surface area contributed by atoms with Gasteiger partial charge in [-0.05, 0) is 61.9 Å². The number of carbonyl (C=O) groups excluding carboxylic acids is 4. The molecular weight excluding hydrogens is 558 g/mol. The van der Waals surface area contributed by atoms with Crippen LogP contribution in [0.2, 0.25) is 0 Å². The van der Waals surface area contributed by atoms with Crippen LogP contribution >= 0.6 is 23.2 Å². The number of nitrogens with zero attached hydrogens (tertiary/aromatic N) is 2. The molecule has 3 fully saturated rings. The lowest BCUT2D eigenvalue weighted by molar-refractivity contribution is -0.140. The van der Waals surface area contributed by atoms with Crippen molar-refractivity contribution < 1.29 is 28.7 Å². The van der Waals surface area contributed by atoms with Crippen molar-refractivity contribution in [1.82, 2.24) is 4.90 Å². The summed E-state index contributed by atoms with van der Waals surface area (Å²) in [6.45, 7) is 3.87. The summed E-state index contributed by atoms with van der Waals surface area (Å²) in [5.41, 5.74) is 1.55. The number of benzene rings is 2. The van der Waals surface area contributed by atoms with Crippen molar-refractivity contribution in [2.75, 3.05) is 11.4 Å². The summed E-state index contributed by atoms with van der Waals surface area (Å²) in [5, 5.41) is 11.2. The molecule has 0 unspecified atom stereocenters. The van der Waals surface area contributed by atoms with Crippen LogP contribution in [-0.2, 0) is 19.2 Å². The largest absolute Gasteiger partial charge is 0.507 e.